The van der Waals surface area contributed by atoms with Gasteiger partial charge in [-0.15, -0.1) is 0 Å². The van der Waals surface area contributed by atoms with Crippen LogP contribution in [0.5, 0.6) is 0 Å². The van der Waals surface area contributed by atoms with E-state index in [4.69, 9.17) is 4.74 Å². The van der Waals surface area contributed by atoms with E-state index in [2.05, 4.69) is 4.98 Å². The number of ketones is 1. The molecule has 1 aromatic rings. The number of ether oxygens (including phenoxy) is 1. The predicted molar refractivity (Wildman–Crippen MR) is 49.3 cm³/mol. The molecule has 1 rings (SSSR count). The number of hydrogen-bond acceptors (Lipinski definition) is 3. The molecule has 1 aromatic heterocycles. The molecule has 0 bridgehead atoms. The first-order valence-corrected chi connectivity index (χ1v) is 4.14. The highest BCUT2D eigenvalue weighted by Gasteiger charge is 1.99. The summed E-state index contributed by atoms with van der Waals surface area (Å²) in [6.07, 6.45) is 2.17. The molecule has 0 fully saturated rings. The van der Waals surface area contributed by atoms with E-state index in [0.29, 0.717) is 13.0 Å². The van der Waals surface area contributed by atoms with Crippen LogP contribution in [0.4, 0.5) is 0 Å². The monoisotopic (exact) mass is 179 g/mol. The van der Waals surface area contributed by atoms with Crippen LogP contribution in [0.15, 0.2) is 18.3 Å². The molecule has 0 aliphatic rings. The predicted octanol–water partition coefficient (Wildman–Crippen LogP) is 1.36. The van der Waals surface area contributed by atoms with Gasteiger partial charge in [-0.2, -0.15) is 0 Å². The number of Topliss-reactive ketones (excluding diaryl/α,β-unsaturated/α-hetero) is 1. The summed E-state index contributed by atoms with van der Waals surface area (Å²) in [5.74, 6) is 0.162. The van der Waals surface area contributed by atoms with Crippen LogP contribution in [-0.4, -0.2) is 17.9 Å². The minimum Gasteiger partial charge on any atom is -0.378 e. The first kappa shape index (κ1) is 9.86. The second-order valence-electron chi connectivity index (χ2n) is 2.97. The van der Waals surface area contributed by atoms with Crippen LogP contribution in [-0.2, 0) is 22.6 Å². The summed E-state index contributed by atoms with van der Waals surface area (Å²) in [5, 5.41) is 0. The van der Waals surface area contributed by atoms with Gasteiger partial charge in [-0.05, 0) is 24.6 Å². The maximum absolute atomic E-state index is 10.8. The summed E-state index contributed by atoms with van der Waals surface area (Å²) in [7, 11) is 1.62. The van der Waals surface area contributed by atoms with Gasteiger partial charge in [0, 0.05) is 19.7 Å². The second kappa shape index (κ2) is 4.72. The fourth-order valence-corrected chi connectivity index (χ4v) is 1.15. The van der Waals surface area contributed by atoms with Crippen molar-refractivity contribution >= 4 is 5.78 Å². The van der Waals surface area contributed by atoms with Crippen LogP contribution in [0, 0.1) is 0 Å². The third kappa shape index (κ3) is 3.34. The fourth-order valence-electron chi connectivity index (χ4n) is 1.15. The molecule has 3 heteroatoms. The molecule has 0 N–H and O–H groups in total. The van der Waals surface area contributed by atoms with Gasteiger partial charge in [0.25, 0.3) is 0 Å². The number of nitrogens with zero attached hydrogens (tertiary/aromatic N) is 1. The molecule has 13 heavy (non-hydrogen) atoms. The highest BCUT2D eigenvalue weighted by molar-refractivity contribution is 5.78. The second-order valence-corrected chi connectivity index (χ2v) is 2.97. The maximum atomic E-state index is 10.8. The van der Waals surface area contributed by atoms with Gasteiger partial charge >= 0.3 is 0 Å². The van der Waals surface area contributed by atoms with Crippen molar-refractivity contribution in [3.05, 3.63) is 29.6 Å². The van der Waals surface area contributed by atoms with Crippen molar-refractivity contribution in [3.8, 4) is 0 Å². The van der Waals surface area contributed by atoms with Crippen molar-refractivity contribution in [2.24, 2.45) is 0 Å². The molecule has 0 aromatic carbocycles. The number of hydrogen-bond donors (Lipinski definition) is 0. The Labute approximate surface area is 77.8 Å². The number of methoxy groups -OCH3 is 1. The zero-order valence-electron chi connectivity index (χ0n) is 7.91. The van der Waals surface area contributed by atoms with E-state index >= 15 is 0 Å². The number of rotatable bonds is 4. The third-order valence-electron chi connectivity index (χ3n) is 1.63. The first-order valence-electron chi connectivity index (χ1n) is 4.14. The molecule has 0 unspecified atom stereocenters. The van der Waals surface area contributed by atoms with Crippen molar-refractivity contribution in [2.45, 2.75) is 20.0 Å². The summed E-state index contributed by atoms with van der Waals surface area (Å²) >= 11 is 0. The van der Waals surface area contributed by atoms with E-state index in [1.807, 2.05) is 12.1 Å². The lowest BCUT2D eigenvalue weighted by molar-refractivity contribution is -0.116. The Hall–Kier alpha value is -1.22. The third-order valence-corrected chi connectivity index (χ3v) is 1.63. The Balaban J connectivity index is 2.73. The number of pyridine rings is 1. The van der Waals surface area contributed by atoms with Crippen LogP contribution >= 0.6 is 0 Å². The molecule has 0 spiro atoms. The molecule has 70 valence electrons. The van der Waals surface area contributed by atoms with Gasteiger partial charge in [-0.25, -0.2) is 0 Å². The zero-order valence-corrected chi connectivity index (χ0v) is 7.91. The van der Waals surface area contributed by atoms with Gasteiger partial charge in [-0.1, -0.05) is 0 Å². The topological polar surface area (TPSA) is 39.2 Å². The molecule has 0 saturated carbocycles. The van der Waals surface area contributed by atoms with Crippen LogP contribution in [0.3, 0.4) is 0 Å². The fraction of sp³-hybridized carbons (Fsp3) is 0.400. The Morgan fingerprint density at radius 3 is 3.00 bits per heavy atom. The van der Waals surface area contributed by atoms with E-state index in [9.17, 15) is 4.79 Å². The molecule has 0 amide bonds. The molecule has 0 radical (unpaired) electrons. The van der Waals surface area contributed by atoms with E-state index in [-0.39, 0.29) is 5.78 Å². The van der Waals surface area contributed by atoms with E-state index in [0.717, 1.165) is 11.3 Å². The van der Waals surface area contributed by atoms with Gasteiger partial charge in [0.2, 0.25) is 0 Å². The van der Waals surface area contributed by atoms with Crippen molar-refractivity contribution < 1.29 is 9.53 Å². The molecule has 0 saturated heterocycles. The maximum Gasteiger partial charge on any atom is 0.134 e. The summed E-state index contributed by atoms with van der Waals surface area (Å²) < 4.78 is 4.94. The number of carbonyl (C=O) groups excluding carboxylic acids is 1. The lowest BCUT2D eigenvalue weighted by atomic mass is 10.1. The first-order chi connectivity index (χ1) is 6.22. The average Bonchev–Trinajstić information content (AvgIpc) is 2.04. The molecule has 0 aliphatic heterocycles. The highest BCUT2D eigenvalue weighted by atomic mass is 16.5. The Morgan fingerprint density at radius 1 is 1.62 bits per heavy atom. The molecule has 3 nitrogen and oxygen atoms in total. The Bertz CT molecular complexity index is 297. The largest absolute Gasteiger partial charge is 0.378 e. The average molecular weight is 179 g/mol. The summed E-state index contributed by atoms with van der Waals surface area (Å²) in [4.78, 5) is 14.9. The summed E-state index contributed by atoms with van der Waals surface area (Å²) in [5.41, 5.74) is 1.86. The van der Waals surface area contributed by atoms with Crippen molar-refractivity contribution in [1.29, 1.82) is 0 Å². The molecule has 0 aliphatic carbocycles. The SMILES string of the molecule is COCc1cc(CC(C)=O)ccn1. The zero-order chi connectivity index (χ0) is 9.68. The van der Waals surface area contributed by atoms with Gasteiger partial charge in [0.15, 0.2) is 0 Å². The minimum atomic E-state index is 0.162. The highest BCUT2D eigenvalue weighted by Crippen LogP contribution is 2.04. The summed E-state index contributed by atoms with van der Waals surface area (Å²) in [6, 6.07) is 3.74. The smallest absolute Gasteiger partial charge is 0.134 e. The van der Waals surface area contributed by atoms with Crippen LogP contribution in [0.1, 0.15) is 18.2 Å². The number of carbonyl (C=O) groups is 1. The molecule has 0 atom stereocenters. The van der Waals surface area contributed by atoms with Gasteiger partial charge in [0.1, 0.15) is 5.78 Å². The van der Waals surface area contributed by atoms with Crippen LogP contribution in [0.25, 0.3) is 0 Å². The normalized spacial score (nSPS) is 10.0. The van der Waals surface area contributed by atoms with Crippen molar-refractivity contribution in [2.75, 3.05) is 7.11 Å². The van der Waals surface area contributed by atoms with Gasteiger partial charge in [-0.3, -0.25) is 9.78 Å². The quantitative estimate of drug-likeness (QED) is 0.700. The lowest BCUT2D eigenvalue weighted by Crippen LogP contribution is -1.99. The summed E-state index contributed by atoms with van der Waals surface area (Å²) in [6.45, 7) is 2.07. The molecular formula is C10H13NO2. The van der Waals surface area contributed by atoms with Crippen LogP contribution < -0.4 is 0 Å². The van der Waals surface area contributed by atoms with E-state index in [1.54, 1.807) is 20.2 Å². The van der Waals surface area contributed by atoms with E-state index in [1.165, 1.54) is 0 Å². The van der Waals surface area contributed by atoms with Crippen LogP contribution in [0.2, 0.25) is 0 Å². The lowest BCUT2D eigenvalue weighted by Gasteiger charge is -2.01. The number of aromatic nitrogens is 1. The molecular weight excluding hydrogens is 166 g/mol. The Morgan fingerprint density at radius 2 is 2.38 bits per heavy atom. The molecule has 1 heterocycles. The van der Waals surface area contributed by atoms with Crippen molar-refractivity contribution in [3.63, 3.8) is 0 Å². The minimum absolute atomic E-state index is 0.162. The standard InChI is InChI=1S/C10H13NO2/c1-8(12)5-9-3-4-11-10(6-9)7-13-2/h3-4,6H,5,7H2,1-2H3. The Kier molecular flexibility index (Phi) is 3.58. The van der Waals surface area contributed by atoms with Gasteiger partial charge < -0.3 is 4.74 Å². The van der Waals surface area contributed by atoms with Gasteiger partial charge in [0.05, 0.1) is 12.3 Å². The van der Waals surface area contributed by atoms with Crippen molar-refractivity contribution in [1.82, 2.24) is 4.98 Å². The van der Waals surface area contributed by atoms with E-state index < -0.39 is 0 Å².